The number of nitrogens with zero attached hydrogens (tertiary/aromatic N) is 1. The number of rotatable bonds is 6. The minimum Gasteiger partial charge on any atom is -0.478 e. The van der Waals surface area contributed by atoms with Crippen molar-refractivity contribution in [3.05, 3.63) is 59.0 Å². The molecule has 0 spiro atoms. The number of aromatic amines is 1. The maximum absolute atomic E-state index is 11.2. The highest BCUT2D eigenvalue weighted by atomic mass is 35.5. The number of anilines is 1. The Labute approximate surface area is 138 Å². The van der Waals surface area contributed by atoms with Crippen LogP contribution in [0.5, 0.6) is 0 Å². The van der Waals surface area contributed by atoms with Crippen molar-refractivity contribution < 1.29 is 9.90 Å². The van der Waals surface area contributed by atoms with Crippen molar-refractivity contribution in [3.63, 3.8) is 0 Å². The fraction of sp³-hybridized carbons (Fsp3) is 0.176. The van der Waals surface area contributed by atoms with Gasteiger partial charge in [0.05, 0.1) is 5.52 Å². The van der Waals surface area contributed by atoms with Crippen molar-refractivity contribution in [3.8, 4) is 0 Å². The van der Waals surface area contributed by atoms with Crippen molar-refractivity contribution in [1.82, 2.24) is 9.97 Å². The van der Waals surface area contributed by atoms with Crippen LogP contribution in [-0.4, -0.2) is 27.6 Å². The number of pyridine rings is 1. The largest absolute Gasteiger partial charge is 0.478 e. The number of carbonyl (C=O) groups is 1. The van der Waals surface area contributed by atoms with Crippen LogP contribution in [-0.2, 0) is 6.42 Å². The molecule has 0 aliphatic carbocycles. The van der Waals surface area contributed by atoms with Crippen LogP contribution in [0, 0.1) is 0 Å². The molecule has 0 amide bonds. The van der Waals surface area contributed by atoms with Gasteiger partial charge in [-0.1, -0.05) is 17.7 Å². The van der Waals surface area contributed by atoms with Gasteiger partial charge in [-0.2, -0.15) is 0 Å². The maximum atomic E-state index is 11.2. The minimum absolute atomic E-state index is 0.200. The van der Waals surface area contributed by atoms with E-state index in [4.69, 9.17) is 11.6 Å². The van der Waals surface area contributed by atoms with Gasteiger partial charge in [0, 0.05) is 40.7 Å². The predicted molar refractivity (Wildman–Crippen MR) is 91.3 cm³/mol. The van der Waals surface area contributed by atoms with Gasteiger partial charge in [-0.25, -0.2) is 4.79 Å². The molecular weight excluding hydrogens is 314 g/mol. The molecule has 0 saturated heterocycles. The first-order valence-electron chi connectivity index (χ1n) is 7.33. The van der Waals surface area contributed by atoms with E-state index >= 15 is 0 Å². The van der Waals surface area contributed by atoms with E-state index in [1.165, 1.54) is 6.20 Å². The van der Waals surface area contributed by atoms with E-state index < -0.39 is 5.97 Å². The molecule has 0 atom stereocenters. The molecule has 6 heteroatoms. The zero-order chi connectivity index (χ0) is 16.2. The number of aryl methyl sites for hydroxylation is 1. The van der Waals surface area contributed by atoms with Crippen molar-refractivity contribution >= 4 is 34.2 Å². The van der Waals surface area contributed by atoms with Crippen molar-refractivity contribution in [1.29, 1.82) is 0 Å². The summed E-state index contributed by atoms with van der Waals surface area (Å²) in [5, 5.41) is 14.1. The lowest BCUT2D eigenvalue weighted by Gasteiger charge is -2.08. The number of aromatic carboxylic acids is 1. The molecule has 3 N–H and O–H groups in total. The van der Waals surface area contributed by atoms with Crippen LogP contribution in [0.1, 0.15) is 22.5 Å². The molecule has 118 valence electrons. The normalized spacial score (nSPS) is 10.8. The lowest BCUT2D eigenvalue weighted by Crippen LogP contribution is -2.05. The Morgan fingerprint density at radius 2 is 2.22 bits per heavy atom. The molecular formula is C17H16ClN3O2. The first-order valence-corrected chi connectivity index (χ1v) is 7.70. The molecule has 2 heterocycles. The summed E-state index contributed by atoms with van der Waals surface area (Å²) in [6, 6.07) is 9.46. The van der Waals surface area contributed by atoms with E-state index in [1.54, 1.807) is 6.20 Å². The van der Waals surface area contributed by atoms with E-state index in [2.05, 4.69) is 15.3 Å². The van der Waals surface area contributed by atoms with Crippen molar-refractivity contribution in [2.45, 2.75) is 12.8 Å². The van der Waals surface area contributed by atoms with Crippen LogP contribution >= 0.6 is 11.6 Å². The topological polar surface area (TPSA) is 78.0 Å². The Balaban J connectivity index is 1.65. The summed E-state index contributed by atoms with van der Waals surface area (Å²) in [6.07, 6.45) is 4.81. The number of hydrogen-bond donors (Lipinski definition) is 3. The average molecular weight is 330 g/mol. The second-order valence-electron chi connectivity index (χ2n) is 5.23. The zero-order valence-electron chi connectivity index (χ0n) is 12.3. The van der Waals surface area contributed by atoms with E-state index in [0.29, 0.717) is 10.5 Å². The molecule has 0 saturated carbocycles. The number of benzene rings is 1. The van der Waals surface area contributed by atoms with Gasteiger partial charge in [0.1, 0.15) is 5.56 Å². The van der Waals surface area contributed by atoms with Crippen molar-refractivity contribution in [2.75, 3.05) is 11.9 Å². The Morgan fingerprint density at radius 1 is 1.35 bits per heavy atom. The molecule has 0 unspecified atom stereocenters. The number of halogens is 1. The number of nitrogens with one attached hydrogen (secondary N) is 2. The quantitative estimate of drug-likeness (QED) is 0.598. The third-order valence-electron chi connectivity index (χ3n) is 3.65. The smallest absolute Gasteiger partial charge is 0.339 e. The predicted octanol–water partition coefficient (Wildman–Crippen LogP) is 3.96. The molecule has 0 aliphatic rings. The van der Waals surface area contributed by atoms with Crippen LogP contribution in [0.25, 0.3) is 10.9 Å². The van der Waals surface area contributed by atoms with Crippen LogP contribution in [0.3, 0.4) is 0 Å². The van der Waals surface area contributed by atoms with Gasteiger partial charge >= 0.3 is 5.97 Å². The fourth-order valence-corrected chi connectivity index (χ4v) is 2.75. The van der Waals surface area contributed by atoms with Gasteiger partial charge < -0.3 is 15.4 Å². The van der Waals surface area contributed by atoms with Crippen LogP contribution < -0.4 is 5.32 Å². The summed E-state index contributed by atoms with van der Waals surface area (Å²) < 4.78 is 0. The van der Waals surface area contributed by atoms with E-state index in [9.17, 15) is 9.90 Å². The zero-order valence-corrected chi connectivity index (χ0v) is 13.1. The maximum Gasteiger partial charge on any atom is 0.339 e. The van der Waals surface area contributed by atoms with Gasteiger partial charge in [-0.3, -0.25) is 4.98 Å². The summed E-state index contributed by atoms with van der Waals surface area (Å²) in [7, 11) is 0. The highest BCUT2D eigenvalue weighted by Gasteiger charge is 2.13. The summed E-state index contributed by atoms with van der Waals surface area (Å²) in [5.74, 6) is -0.973. The molecule has 3 rings (SSSR count). The molecule has 1 aromatic carbocycles. The molecule has 0 fully saturated rings. The number of H-pyrrole nitrogens is 1. The summed E-state index contributed by atoms with van der Waals surface area (Å²) >= 11 is 5.95. The van der Waals surface area contributed by atoms with Gasteiger partial charge in [-0.05, 0) is 37.1 Å². The van der Waals surface area contributed by atoms with Gasteiger partial charge in [-0.15, -0.1) is 0 Å². The van der Waals surface area contributed by atoms with Gasteiger partial charge in [0.25, 0.3) is 0 Å². The Morgan fingerprint density at radius 3 is 3.00 bits per heavy atom. The minimum atomic E-state index is -0.973. The molecule has 0 radical (unpaired) electrons. The first kappa shape index (κ1) is 15.4. The Hall–Kier alpha value is -2.53. The number of hydrogen-bond acceptors (Lipinski definition) is 3. The molecule has 23 heavy (non-hydrogen) atoms. The Kier molecular flexibility index (Phi) is 4.48. The summed E-state index contributed by atoms with van der Waals surface area (Å²) in [4.78, 5) is 18.5. The molecule has 3 aromatic rings. The van der Waals surface area contributed by atoms with E-state index in [1.807, 2.05) is 30.3 Å². The van der Waals surface area contributed by atoms with Crippen molar-refractivity contribution in [2.24, 2.45) is 0 Å². The lowest BCUT2D eigenvalue weighted by atomic mass is 10.1. The first-order chi connectivity index (χ1) is 11.1. The number of carboxylic acid groups (broad SMARTS) is 1. The van der Waals surface area contributed by atoms with Crippen LogP contribution in [0.4, 0.5) is 5.69 Å². The highest BCUT2D eigenvalue weighted by Crippen LogP contribution is 2.21. The molecule has 5 nitrogen and oxygen atoms in total. The van der Waals surface area contributed by atoms with E-state index in [-0.39, 0.29) is 5.56 Å². The monoisotopic (exact) mass is 329 g/mol. The summed E-state index contributed by atoms with van der Waals surface area (Å²) in [5.41, 5.74) is 2.72. The van der Waals surface area contributed by atoms with Gasteiger partial charge in [0.2, 0.25) is 0 Å². The molecule has 0 bridgehead atoms. The van der Waals surface area contributed by atoms with Crippen LogP contribution in [0.2, 0.25) is 5.02 Å². The lowest BCUT2D eigenvalue weighted by molar-refractivity contribution is 0.0698. The number of carboxylic acids is 1. The average Bonchev–Trinajstić information content (AvgIpc) is 3.01. The third-order valence-corrected chi connectivity index (χ3v) is 3.89. The van der Waals surface area contributed by atoms with Crippen LogP contribution in [0.15, 0.2) is 42.7 Å². The standard InChI is InChI=1S/C17H16ClN3O2/c18-11-3-1-4-12(9-11)19-7-2-5-15-13-6-8-20-16(13)14(10-21-15)17(22)23/h1,3-4,6,8-10,19-20H,2,5,7H2,(H,22,23). The number of aromatic nitrogens is 2. The SMILES string of the molecule is O=C(O)c1cnc(CCCNc2cccc(Cl)c2)c2cc[nH]c12. The van der Waals surface area contributed by atoms with E-state index in [0.717, 1.165) is 36.2 Å². The molecule has 0 aliphatic heterocycles. The Bertz CT molecular complexity index is 845. The second-order valence-corrected chi connectivity index (χ2v) is 5.67. The van der Waals surface area contributed by atoms with Gasteiger partial charge in [0.15, 0.2) is 0 Å². The second kappa shape index (κ2) is 6.71. The molecule has 2 aromatic heterocycles. The fourth-order valence-electron chi connectivity index (χ4n) is 2.56. The highest BCUT2D eigenvalue weighted by molar-refractivity contribution is 6.30. The third kappa shape index (κ3) is 3.46. The summed E-state index contributed by atoms with van der Waals surface area (Å²) in [6.45, 7) is 0.786. The number of fused-ring (bicyclic) bond motifs is 1.